The van der Waals surface area contributed by atoms with E-state index in [0.717, 1.165) is 31.0 Å². The second kappa shape index (κ2) is 9.50. The van der Waals surface area contributed by atoms with E-state index in [4.69, 9.17) is 0 Å². The highest BCUT2D eigenvalue weighted by molar-refractivity contribution is 5.79. The minimum Gasteiger partial charge on any atom is -0.356 e. The van der Waals surface area contributed by atoms with Crippen LogP contribution in [0.15, 0.2) is 29.3 Å². The van der Waals surface area contributed by atoms with E-state index in [1.807, 2.05) is 6.07 Å². The van der Waals surface area contributed by atoms with Crippen molar-refractivity contribution >= 4 is 5.96 Å². The lowest BCUT2D eigenvalue weighted by molar-refractivity contribution is 0.159. The minimum atomic E-state index is -0.206. The van der Waals surface area contributed by atoms with Gasteiger partial charge in [-0.25, -0.2) is 4.39 Å². The lowest BCUT2D eigenvalue weighted by atomic mass is 10.0. The van der Waals surface area contributed by atoms with Crippen LogP contribution < -0.4 is 10.6 Å². The Bertz CT molecular complexity index is 504. The quantitative estimate of drug-likeness (QED) is 0.481. The Morgan fingerprint density at radius 1 is 1.35 bits per heavy atom. The van der Waals surface area contributed by atoms with Crippen LogP contribution in [0.2, 0.25) is 0 Å². The van der Waals surface area contributed by atoms with Gasteiger partial charge in [-0.05, 0) is 50.4 Å². The molecule has 1 aliphatic heterocycles. The van der Waals surface area contributed by atoms with Crippen molar-refractivity contribution < 1.29 is 4.39 Å². The monoisotopic (exact) mass is 320 g/mol. The Balaban J connectivity index is 1.65. The standard InChI is InChI=1S/C18H29FN4/c1-15-7-3-4-11-23(15)12-6-10-21-18(20-2)22-14-16-8-5-9-17(19)13-16/h5,8-9,13,15H,3-4,6-7,10-12,14H2,1-2H3,(H2,20,21,22). The van der Waals surface area contributed by atoms with Crippen LogP contribution >= 0.6 is 0 Å². The molecule has 0 aliphatic carbocycles. The van der Waals surface area contributed by atoms with E-state index in [1.54, 1.807) is 13.1 Å². The summed E-state index contributed by atoms with van der Waals surface area (Å²) in [7, 11) is 1.76. The molecule has 0 amide bonds. The molecule has 1 aromatic rings. The predicted octanol–water partition coefficient (Wildman–Crippen LogP) is 2.76. The summed E-state index contributed by atoms with van der Waals surface area (Å²) >= 11 is 0. The number of hydrogen-bond donors (Lipinski definition) is 2. The Morgan fingerprint density at radius 3 is 2.96 bits per heavy atom. The molecule has 128 valence electrons. The van der Waals surface area contributed by atoms with Crippen LogP contribution in [-0.2, 0) is 6.54 Å². The maximum Gasteiger partial charge on any atom is 0.191 e. The van der Waals surface area contributed by atoms with Gasteiger partial charge in [-0.15, -0.1) is 0 Å². The normalized spacial score (nSPS) is 19.6. The average molecular weight is 320 g/mol. The summed E-state index contributed by atoms with van der Waals surface area (Å²) < 4.78 is 13.2. The average Bonchev–Trinajstić information content (AvgIpc) is 2.56. The van der Waals surface area contributed by atoms with Crippen LogP contribution in [0.3, 0.4) is 0 Å². The van der Waals surface area contributed by atoms with Crippen LogP contribution in [0.1, 0.15) is 38.2 Å². The molecule has 0 aromatic heterocycles. The zero-order valence-corrected chi connectivity index (χ0v) is 14.3. The number of hydrogen-bond acceptors (Lipinski definition) is 2. The second-order valence-corrected chi connectivity index (χ2v) is 6.22. The van der Waals surface area contributed by atoms with E-state index in [9.17, 15) is 4.39 Å². The van der Waals surface area contributed by atoms with Crippen molar-refractivity contribution in [1.29, 1.82) is 0 Å². The zero-order valence-electron chi connectivity index (χ0n) is 14.3. The first kappa shape index (κ1) is 17.7. The number of rotatable bonds is 6. The molecule has 0 bridgehead atoms. The Labute approximate surface area is 139 Å². The molecule has 1 atom stereocenters. The van der Waals surface area contributed by atoms with Crippen molar-refractivity contribution in [2.24, 2.45) is 4.99 Å². The SMILES string of the molecule is CN=C(NCCCN1CCCCC1C)NCc1cccc(F)c1. The topological polar surface area (TPSA) is 39.7 Å². The lowest BCUT2D eigenvalue weighted by Gasteiger charge is -2.33. The fourth-order valence-electron chi connectivity index (χ4n) is 3.03. The fourth-order valence-corrected chi connectivity index (χ4v) is 3.03. The number of likely N-dealkylation sites (tertiary alicyclic amines) is 1. The van der Waals surface area contributed by atoms with Gasteiger partial charge in [0, 0.05) is 32.7 Å². The number of aliphatic imine (C=N–C) groups is 1. The van der Waals surface area contributed by atoms with E-state index in [2.05, 4.69) is 27.4 Å². The molecule has 1 saturated heterocycles. The molecule has 1 heterocycles. The maximum atomic E-state index is 13.2. The number of nitrogens with one attached hydrogen (secondary N) is 2. The van der Waals surface area contributed by atoms with Gasteiger partial charge in [0.2, 0.25) is 0 Å². The molecule has 5 heteroatoms. The Morgan fingerprint density at radius 2 is 2.22 bits per heavy atom. The summed E-state index contributed by atoms with van der Waals surface area (Å²) in [5.41, 5.74) is 0.912. The van der Waals surface area contributed by atoms with Crippen molar-refractivity contribution in [2.75, 3.05) is 26.7 Å². The third-order valence-electron chi connectivity index (χ3n) is 4.43. The molecule has 0 spiro atoms. The second-order valence-electron chi connectivity index (χ2n) is 6.22. The summed E-state index contributed by atoms with van der Waals surface area (Å²) in [6, 6.07) is 7.34. The summed E-state index contributed by atoms with van der Waals surface area (Å²) in [4.78, 5) is 6.79. The van der Waals surface area contributed by atoms with Crippen LogP contribution in [0.4, 0.5) is 4.39 Å². The molecule has 0 saturated carbocycles. The number of halogens is 1. The van der Waals surface area contributed by atoms with E-state index >= 15 is 0 Å². The van der Waals surface area contributed by atoms with Crippen LogP contribution in [0.5, 0.6) is 0 Å². The smallest absolute Gasteiger partial charge is 0.191 e. The molecular formula is C18H29FN4. The number of guanidine groups is 1. The van der Waals surface area contributed by atoms with E-state index in [1.165, 1.54) is 37.9 Å². The minimum absolute atomic E-state index is 0.206. The molecule has 4 nitrogen and oxygen atoms in total. The van der Waals surface area contributed by atoms with Crippen molar-refractivity contribution in [3.05, 3.63) is 35.6 Å². The van der Waals surface area contributed by atoms with Gasteiger partial charge < -0.3 is 15.5 Å². The van der Waals surface area contributed by atoms with Crippen molar-refractivity contribution in [3.63, 3.8) is 0 Å². The van der Waals surface area contributed by atoms with Gasteiger partial charge in [0.05, 0.1) is 0 Å². The van der Waals surface area contributed by atoms with E-state index < -0.39 is 0 Å². The van der Waals surface area contributed by atoms with Gasteiger partial charge in [-0.3, -0.25) is 4.99 Å². The van der Waals surface area contributed by atoms with Gasteiger partial charge in [0.15, 0.2) is 5.96 Å². The summed E-state index contributed by atoms with van der Waals surface area (Å²) in [6.45, 7) is 6.15. The molecule has 23 heavy (non-hydrogen) atoms. The third-order valence-corrected chi connectivity index (χ3v) is 4.43. The predicted molar refractivity (Wildman–Crippen MR) is 94.1 cm³/mol. The first-order valence-electron chi connectivity index (χ1n) is 8.62. The van der Waals surface area contributed by atoms with Gasteiger partial charge in [-0.1, -0.05) is 18.6 Å². The summed E-state index contributed by atoms with van der Waals surface area (Å²) in [5, 5.41) is 6.55. The molecule has 2 rings (SSSR count). The number of benzene rings is 1. The first-order valence-corrected chi connectivity index (χ1v) is 8.62. The molecule has 0 radical (unpaired) electrons. The van der Waals surface area contributed by atoms with Crippen LogP contribution in [0.25, 0.3) is 0 Å². The number of piperidine rings is 1. The Hall–Kier alpha value is -1.62. The van der Waals surface area contributed by atoms with Gasteiger partial charge >= 0.3 is 0 Å². The molecule has 1 aromatic carbocycles. The molecule has 1 unspecified atom stereocenters. The van der Waals surface area contributed by atoms with E-state index in [0.29, 0.717) is 12.6 Å². The molecular weight excluding hydrogens is 291 g/mol. The highest BCUT2D eigenvalue weighted by Crippen LogP contribution is 2.15. The van der Waals surface area contributed by atoms with E-state index in [-0.39, 0.29) is 5.82 Å². The number of nitrogens with zero attached hydrogens (tertiary/aromatic N) is 2. The molecule has 1 fully saturated rings. The largest absolute Gasteiger partial charge is 0.356 e. The zero-order chi connectivity index (χ0) is 16.5. The lowest BCUT2D eigenvalue weighted by Crippen LogP contribution is -2.41. The Kier molecular flexibility index (Phi) is 7.33. The van der Waals surface area contributed by atoms with Crippen molar-refractivity contribution in [3.8, 4) is 0 Å². The summed E-state index contributed by atoms with van der Waals surface area (Å²) in [5.74, 6) is 0.559. The van der Waals surface area contributed by atoms with Crippen molar-refractivity contribution in [1.82, 2.24) is 15.5 Å². The van der Waals surface area contributed by atoms with Crippen LogP contribution in [0, 0.1) is 5.82 Å². The third kappa shape index (κ3) is 6.18. The fraction of sp³-hybridized carbons (Fsp3) is 0.611. The van der Waals surface area contributed by atoms with Gasteiger partial charge in [0.25, 0.3) is 0 Å². The highest BCUT2D eigenvalue weighted by atomic mass is 19.1. The van der Waals surface area contributed by atoms with Gasteiger partial charge in [-0.2, -0.15) is 0 Å². The molecule has 1 aliphatic rings. The van der Waals surface area contributed by atoms with Crippen molar-refractivity contribution in [2.45, 2.75) is 45.2 Å². The first-order chi connectivity index (χ1) is 11.2. The maximum absolute atomic E-state index is 13.2. The molecule has 2 N–H and O–H groups in total. The highest BCUT2D eigenvalue weighted by Gasteiger charge is 2.17. The van der Waals surface area contributed by atoms with Crippen LogP contribution in [-0.4, -0.2) is 43.6 Å². The van der Waals surface area contributed by atoms with Gasteiger partial charge in [0.1, 0.15) is 5.82 Å². The summed E-state index contributed by atoms with van der Waals surface area (Å²) in [6.07, 6.45) is 5.12.